The highest BCUT2D eigenvalue weighted by Gasteiger charge is 2.32. The van der Waals surface area contributed by atoms with Gasteiger partial charge in [0.2, 0.25) is 10.0 Å². The number of rotatable bonds is 8. The van der Waals surface area contributed by atoms with E-state index in [1.807, 2.05) is 11.8 Å². The normalized spacial score (nSPS) is 21.4. The Hall–Kier alpha value is -0.560. The van der Waals surface area contributed by atoms with Crippen LogP contribution in [0.3, 0.4) is 0 Å². The second-order valence-corrected chi connectivity index (χ2v) is 12.3. The van der Waals surface area contributed by atoms with Crippen LogP contribution in [0.25, 0.3) is 0 Å². The third-order valence-corrected chi connectivity index (χ3v) is 8.92. The summed E-state index contributed by atoms with van der Waals surface area (Å²) in [4.78, 5) is 1.38. The molecule has 0 radical (unpaired) electrons. The van der Waals surface area contributed by atoms with E-state index in [1.165, 1.54) is 16.0 Å². The monoisotopic (exact) mass is 412 g/mol. The van der Waals surface area contributed by atoms with Gasteiger partial charge in [-0.3, -0.25) is 0 Å². The largest absolute Gasteiger partial charge is 0.316 e. The van der Waals surface area contributed by atoms with E-state index in [0.29, 0.717) is 5.92 Å². The molecule has 0 spiro atoms. The van der Waals surface area contributed by atoms with Crippen molar-refractivity contribution in [3.8, 4) is 0 Å². The summed E-state index contributed by atoms with van der Waals surface area (Å²) in [6.07, 6.45) is 4.07. The van der Waals surface area contributed by atoms with E-state index in [4.69, 9.17) is 0 Å². The van der Waals surface area contributed by atoms with Crippen LogP contribution in [-0.2, 0) is 10.0 Å². The topological polar surface area (TPSA) is 58.2 Å². The summed E-state index contributed by atoms with van der Waals surface area (Å²) in [5.74, 6) is 1.73. The Morgan fingerprint density at radius 2 is 1.78 bits per heavy atom. The van der Waals surface area contributed by atoms with E-state index in [2.05, 4.69) is 42.1 Å². The van der Waals surface area contributed by atoms with Crippen LogP contribution in [0.5, 0.6) is 0 Å². The smallest absolute Gasteiger partial charge is 0.216 e. The van der Waals surface area contributed by atoms with Crippen molar-refractivity contribution in [3.63, 3.8) is 0 Å². The van der Waals surface area contributed by atoms with E-state index in [0.717, 1.165) is 44.5 Å². The summed E-state index contributed by atoms with van der Waals surface area (Å²) in [5.41, 5.74) is 2.74. The molecule has 0 aromatic heterocycles. The molecule has 1 aromatic carbocycles. The first kappa shape index (κ1) is 22.7. The van der Waals surface area contributed by atoms with Gasteiger partial charge in [-0.15, -0.1) is 11.8 Å². The summed E-state index contributed by atoms with van der Waals surface area (Å²) < 4.78 is 26.7. The molecule has 0 amide bonds. The maximum Gasteiger partial charge on any atom is 0.216 e. The van der Waals surface area contributed by atoms with Crippen molar-refractivity contribution in [3.05, 3.63) is 29.3 Å². The molecule has 6 heteroatoms. The molecule has 1 aliphatic carbocycles. The predicted octanol–water partition coefficient (Wildman–Crippen LogP) is 4.26. The SMILES string of the molecule is Cc1cccc(SCCNCC2CCC(NS(=O)(=O)C(C)(C)C)CC2)c1C. The standard InChI is InChI=1S/C21H36N2O2S2/c1-16-7-6-8-20(17(16)2)26-14-13-22-15-18-9-11-19(12-10-18)23-27(24,25)21(3,4)5/h6-8,18-19,22-23H,9-15H2,1-5H3. The fourth-order valence-electron chi connectivity index (χ4n) is 3.30. The van der Waals surface area contributed by atoms with Gasteiger partial charge < -0.3 is 5.32 Å². The van der Waals surface area contributed by atoms with E-state index in [1.54, 1.807) is 20.8 Å². The van der Waals surface area contributed by atoms with Gasteiger partial charge in [0.25, 0.3) is 0 Å². The molecule has 154 valence electrons. The lowest BCUT2D eigenvalue weighted by molar-refractivity contribution is 0.303. The van der Waals surface area contributed by atoms with Gasteiger partial charge >= 0.3 is 0 Å². The summed E-state index contributed by atoms with van der Waals surface area (Å²) in [7, 11) is -3.24. The highest BCUT2D eigenvalue weighted by Crippen LogP contribution is 2.26. The first-order valence-corrected chi connectivity index (χ1v) is 12.5. The minimum atomic E-state index is -3.24. The zero-order valence-corrected chi connectivity index (χ0v) is 19.1. The van der Waals surface area contributed by atoms with Gasteiger partial charge in [0, 0.05) is 23.2 Å². The molecule has 0 heterocycles. The molecule has 0 unspecified atom stereocenters. The number of aryl methyl sites for hydroxylation is 1. The number of thioether (sulfide) groups is 1. The third kappa shape index (κ3) is 6.77. The molecule has 2 N–H and O–H groups in total. The van der Waals surface area contributed by atoms with Crippen molar-refractivity contribution < 1.29 is 8.42 Å². The lowest BCUT2D eigenvalue weighted by Crippen LogP contribution is -2.46. The van der Waals surface area contributed by atoms with Gasteiger partial charge in [-0.1, -0.05) is 12.1 Å². The van der Waals surface area contributed by atoms with Gasteiger partial charge in [-0.25, -0.2) is 13.1 Å². The van der Waals surface area contributed by atoms with Crippen molar-refractivity contribution in [2.45, 2.75) is 76.0 Å². The first-order chi connectivity index (χ1) is 12.6. The number of benzene rings is 1. The van der Waals surface area contributed by atoms with Crippen molar-refractivity contribution in [2.24, 2.45) is 5.92 Å². The molecule has 1 saturated carbocycles. The van der Waals surface area contributed by atoms with Crippen LogP contribution in [-0.4, -0.2) is 38.0 Å². The minimum absolute atomic E-state index is 0.102. The number of hydrogen-bond acceptors (Lipinski definition) is 4. The van der Waals surface area contributed by atoms with Crippen molar-refractivity contribution in [1.29, 1.82) is 0 Å². The van der Waals surface area contributed by atoms with E-state index in [9.17, 15) is 8.42 Å². The van der Waals surface area contributed by atoms with Gasteiger partial charge in [0.05, 0.1) is 4.75 Å². The average Bonchev–Trinajstić information content (AvgIpc) is 2.58. The minimum Gasteiger partial charge on any atom is -0.316 e. The Kier molecular flexibility index (Phi) is 8.22. The molecular formula is C21H36N2O2S2. The molecule has 2 rings (SSSR count). The quantitative estimate of drug-likeness (QED) is 0.495. The lowest BCUT2D eigenvalue weighted by Gasteiger charge is -2.31. The molecule has 0 atom stereocenters. The van der Waals surface area contributed by atoms with Crippen molar-refractivity contribution in [2.75, 3.05) is 18.8 Å². The van der Waals surface area contributed by atoms with Crippen molar-refractivity contribution in [1.82, 2.24) is 10.0 Å². The third-order valence-electron chi connectivity index (χ3n) is 5.50. The van der Waals surface area contributed by atoms with Crippen molar-refractivity contribution >= 4 is 21.8 Å². The maximum absolute atomic E-state index is 12.3. The molecule has 1 aromatic rings. The Morgan fingerprint density at radius 3 is 2.41 bits per heavy atom. The van der Waals surface area contributed by atoms with E-state index >= 15 is 0 Å². The van der Waals surface area contributed by atoms with Crippen LogP contribution in [0.4, 0.5) is 0 Å². The Morgan fingerprint density at radius 1 is 1.11 bits per heavy atom. The Bertz CT molecular complexity index is 703. The lowest BCUT2D eigenvalue weighted by atomic mass is 9.86. The highest BCUT2D eigenvalue weighted by atomic mass is 32.2. The summed E-state index contributed by atoms with van der Waals surface area (Å²) in [5, 5.41) is 3.59. The zero-order chi connectivity index (χ0) is 20.1. The van der Waals surface area contributed by atoms with Gasteiger partial charge in [-0.2, -0.15) is 0 Å². The molecule has 0 saturated heterocycles. The second kappa shape index (κ2) is 9.77. The average molecular weight is 413 g/mol. The highest BCUT2D eigenvalue weighted by molar-refractivity contribution is 7.99. The van der Waals surface area contributed by atoms with Crippen LogP contribution in [0.15, 0.2) is 23.1 Å². The van der Waals surface area contributed by atoms with Gasteiger partial charge in [-0.05, 0) is 90.0 Å². The number of sulfonamides is 1. The van der Waals surface area contributed by atoms with Crippen LogP contribution in [0.1, 0.15) is 57.6 Å². The molecule has 0 aliphatic heterocycles. The second-order valence-electron chi connectivity index (χ2n) is 8.70. The molecule has 27 heavy (non-hydrogen) atoms. The Balaban J connectivity index is 1.63. The molecule has 4 nitrogen and oxygen atoms in total. The van der Waals surface area contributed by atoms with E-state index < -0.39 is 14.8 Å². The molecule has 1 aliphatic rings. The van der Waals surface area contributed by atoms with E-state index in [-0.39, 0.29) is 6.04 Å². The van der Waals surface area contributed by atoms with Crippen LogP contribution in [0.2, 0.25) is 0 Å². The molecule has 1 fully saturated rings. The summed E-state index contributed by atoms with van der Waals surface area (Å²) in [6.45, 7) is 11.6. The first-order valence-electron chi connectivity index (χ1n) is 10.0. The van der Waals surface area contributed by atoms with Gasteiger partial charge in [0.1, 0.15) is 0 Å². The number of hydrogen-bond donors (Lipinski definition) is 2. The summed E-state index contributed by atoms with van der Waals surface area (Å²) >= 11 is 1.92. The van der Waals surface area contributed by atoms with Crippen LogP contribution < -0.4 is 10.0 Å². The van der Waals surface area contributed by atoms with Crippen LogP contribution in [0, 0.1) is 19.8 Å². The fourth-order valence-corrected chi connectivity index (χ4v) is 5.35. The molecule has 0 bridgehead atoms. The number of nitrogens with one attached hydrogen (secondary N) is 2. The Labute approximate surface area is 170 Å². The summed E-state index contributed by atoms with van der Waals surface area (Å²) in [6, 6.07) is 6.60. The fraction of sp³-hybridized carbons (Fsp3) is 0.714. The zero-order valence-electron chi connectivity index (χ0n) is 17.5. The maximum atomic E-state index is 12.3. The van der Waals surface area contributed by atoms with Crippen LogP contribution >= 0.6 is 11.8 Å². The molecular weight excluding hydrogens is 376 g/mol. The predicted molar refractivity (Wildman–Crippen MR) is 117 cm³/mol. The van der Waals surface area contributed by atoms with Gasteiger partial charge in [0.15, 0.2) is 0 Å².